The average Bonchev–Trinajstić information content (AvgIpc) is 3.03. The fourth-order valence-electron chi connectivity index (χ4n) is 2.68. The van der Waals surface area contributed by atoms with Crippen LogP contribution in [0.25, 0.3) is 6.08 Å². The fraction of sp³-hybridized carbons (Fsp3) is 0.143. The van der Waals surface area contributed by atoms with Crippen molar-refractivity contribution in [1.82, 2.24) is 15.8 Å². The van der Waals surface area contributed by atoms with Crippen LogP contribution in [0.15, 0.2) is 59.5 Å². The van der Waals surface area contributed by atoms with E-state index in [1.807, 2.05) is 18.2 Å². The zero-order valence-electron chi connectivity index (χ0n) is 16.1. The Morgan fingerprint density at radius 2 is 1.80 bits per heavy atom. The molecule has 0 atom stereocenters. The smallest absolute Gasteiger partial charge is 0.269 e. The summed E-state index contributed by atoms with van der Waals surface area (Å²) in [5.74, 6) is -0.468. The van der Waals surface area contributed by atoms with Crippen molar-refractivity contribution in [3.8, 4) is 5.75 Å². The molecular formula is C21H19N3O4S2. The van der Waals surface area contributed by atoms with Gasteiger partial charge in [-0.3, -0.25) is 30.1 Å². The van der Waals surface area contributed by atoms with Crippen molar-refractivity contribution in [3.05, 3.63) is 70.6 Å². The highest BCUT2D eigenvalue weighted by Gasteiger charge is 2.32. The maximum Gasteiger partial charge on any atom is 0.269 e. The third kappa shape index (κ3) is 5.25. The number of carbonyl (C=O) groups is 3. The molecule has 0 unspecified atom stereocenters. The Labute approximate surface area is 183 Å². The van der Waals surface area contributed by atoms with E-state index in [1.54, 1.807) is 49.6 Å². The van der Waals surface area contributed by atoms with Gasteiger partial charge in [-0.15, -0.1) is 0 Å². The summed E-state index contributed by atoms with van der Waals surface area (Å²) in [5.41, 5.74) is 5.88. The Hall–Kier alpha value is -3.17. The number of hydrogen-bond donors (Lipinski definition) is 2. The minimum Gasteiger partial charge on any atom is -0.496 e. The van der Waals surface area contributed by atoms with E-state index >= 15 is 0 Å². The van der Waals surface area contributed by atoms with Crippen LogP contribution in [0.4, 0.5) is 0 Å². The SMILES string of the molecule is COc1ccccc1/C=C1\SC(=S)N(CCC(=O)NNC(=O)c2ccccc2)C1=O. The summed E-state index contributed by atoms with van der Waals surface area (Å²) in [5, 5.41) is 0. The molecule has 0 radical (unpaired) electrons. The van der Waals surface area contributed by atoms with Crippen LogP contribution in [-0.4, -0.2) is 40.6 Å². The summed E-state index contributed by atoms with van der Waals surface area (Å²) in [6.45, 7) is 0.112. The molecule has 1 saturated heterocycles. The van der Waals surface area contributed by atoms with Gasteiger partial charge in [-0.1, -0.05) is 60.4 Å². The van der Waals surface area contributed by atoms with Crippen LogP contribution < -0.4 is 15.6 Å². The van der Waals surface area contributed by atoms with E-state index in [1.165, 1.54) is 16.7 Å². The quantitative estimate of drug-likeness (QED) is 0.407. The largest absolute Gasteiger partial charge is 0.496 e. The van der Waals surface area contributed by atoms with Gasteiger partial charge in [0, 0.05) is 24.1 Å². The first kappa shape index (κ1) is 21.5. The Balaban J connectivity index is 1.55. The number of ether oxygens (including phenoxy) is 1. The van der Waals surface area contributed by atoms with Gasteiger partial charge < -0.3 is 4.74 Å². The van der Waals surface area contributed by atoms with Gasteiger partial charge in [0.05, 0.1) is 12.0 Å². The molecule has 2 aromatic rings. The molecule has 0 spiro atoms. The lowest BCUT2D eigenvalue weighted by Crippen LogP contribution is -2.43. The molecule has 0 aromatic heterocycles. The van der Waals surface area contributed by atoms with E-state index in [9.17, 15) is 14.4 Å². The van der Waals surface area contributed by atoms with E-state index < -0.39 is 11.8 Å². The van der Waals surface area contributed by atoms with Crippen LogP contribution in [0.5, 0.6) is 5.75 Å². The number of thiocarbonyl (C=S) groups is 1. The lowest BCUT2D eigenvalue weighted by atomic mass is 10.2. The standard InChI is InChI=1S/C21H19N3O4S2/c1-28-16-10-6-5-9-15(16)13-17-20(27)24(21(29)30-17)12-11-18(25)22-23-19(26)14-7-3-2-4-8-14/h2-10,13H,11-12H2,1H3,(H,22,25)(H,23,26)/b17-13-. The Bertz CT molecular complexity index is 1010. The zero-order valence-corrected chi connectivity index (χ0v) is 17.7. The van der Waals surface area contributed by atoms with Gasteiger partial charge in [-0.25, -0.2) is 0 Å². The molecular weight excluding hydrogens is 422 g/mol. The molecule has 30 heavy (non-hydrogen) atoms. The third-order valence-corrected chi connectivity index (χ3v) is 5.59. The molecule has 0 aliphatic carbocycles. The molecule has 1 heterocycles. The lowest BCUT2D eigenvalue weighted by molar-refractivity contribution is -0.124. The fourth-order valence-corrected chi connectivity index (χ4v) is 3.98. The van der Waals surface area contributed by atoms with Gasteiger partial charge in [0.15, 0.2) is 0 Å². The molecule has 0 saturated carbocycles. The van der Waals surface area contributed by atoms with Crippen LogP contribution in [0, 0.1) is 0 Å². The molecule has 1 aliphatic rings. The summed E-state index contributed by atoms with van der Waals surface area (Å²) in [6, 6.07) is 15.9. The third-order valence-electron chi connectivity index (χ3n) is 4.21. The van der Waals surface area contributed by atoms with Crippen LogP contribution in [0.3, 0.4) is 0 Å². The van der Waals surface area contributed by atoms with Gasteiger partial charge in [0.1, 0.15) is 10.1 Å². The summed E-state index contributed by atoms with van der Waals surface area (Å²) in [6.07, 6.45) is 1.71. The van der Waals surface area contributed by atoms with Crippen molar-refractivity contribution in [2.75, 3.05) is 13.7 Å². The summed E-state index contributed by atoms with van der Waals surface area (Å²) >= 11 is 6.46. The first-order valence-electron chi connectivity index (χ1n) is 9.02. The number of methoxy groups -OCH3 is 1. The minimum absolute atomic E-state index is 0.0105. The number of amides is 3. The maximum absolute atomic E-state index is 12.7. The van der Waals surface area contributed by atoms with E-state index in [0.29, 0.717) is 20.5 Å². The number of rotatable bonds is 6. The van der Waals surface area contributed by atoms with Gasteiger partial charge in [0.25, 0.3) is 11.8 Å². The van der Waals surface area contributed by atoms with Crippen molar-refractivity contribution in [1.29, 1.82) is 0 Å². The molecule has 9 heteroatoms. The first-order chi connectivity index (χ1) is 14.5. The van der Waals surface area contributed by atoms with Crippen LogP contribution in [-0.2, 0) is 9.59 Å². The van der Waals surface area contributed by atoms with Crippen molar-refractivity contribution in [2.24, 2.45) is 0 Å². The number of hydrazine groups is 1. The second kappa shape index (κ2) is 10.0. The summed E-state index contributed by atoms with van der Waals surface area (Å²) in [7, 11) is 1.56. The van der Waals surface area contributed by atoms with Gasteiger partial charge >= 0.3 is 0 Å². The van der Waals surface area contributed by atoms with Crippen molar-refractivity contribution in [2.45, 2.75) is 6.42 Å². The minimum atomic E-state index is -0.429. The normalized spacial score (nSPS) is 14.7. The van der Waals surface area contributed by atoms with E-state index in [2.05, 4.69) is 10.9 Å². The van der Waals surface area contributed by atoms with E-state index in [-0.39, 0.29) is 18.9 Å². The van der Waals surface area contributed by atoms with Crippen LogP contribution in [0.2, 0.25) is 0 Å². The maximum atomic E-state index is 12.7. The monoisotopic (exact) mass is 441 g/mol. The summed E-state index contributed by atoms with van der Waals surface area (Å²) < 4.78 is 5.68. The van der Waals surface area contributed by atoms with Crippen molar-refractivity contribution in [3.63, 3.8) is 0 Å². The number of para-hydroxylation sites is 1. The molecule has 3 rings (SSSR count). The lowest BCUT2D eigenvalue weighted by Gasteiger charge is -2.14. The first-order valence-corrected chi connectivity index (χ1v) is 10.2. The van der Waals surface area contributed by atoms with E-state index in [4.69, 9.17) is 17.0 Å². The molecule has 2 N–H and O–H groups in total. The second-order valence-corrected chi connectivity index (χ2v) is 7.87. The molecule has 7 nitrogen and oxygen atoms in total. The highest BCUT2D eigenvalue weighted by molar-refractivity contribution is 8.26. The molecule has 0 bridgehead atoms. The Kier molecular flexibility index (Phi) is 7.21. The van der Waals surface area contributed by atoms with Gasteiger partial charge in [-0.2, -0.15) is 0 Å². The highest BCUT2D eigenvalue weighted by Crippen LogP contribution is 2.34. The average molecular weight is 442 g/mol. The number of thioether (sulfide) groups is 1. The van der Waals surface area contributed by atoms with Crippen LogP contribution in [0.1, 0.15) is 22.3 Å². The van der Waals surface area contributed by atoms with Gasteiger partial charge in [0.2, 0.25) is 5.91 Å². The van der Waals surface area contributed by atoms with E-state index in [0.717, 1.165) is 5.56 Å². The van der Waals surface area contributed by atoms with Crippen LogP contribution >= 0.6 is 24.0 Å². The van der Waals surface area contributed by atoms with Crippen molar-refractivity contribution >= 4 is 52.1 Å². The number of benzene rings is 2. The number of carbonyl (C=O) groups excluding carboxylic acids is 3. The second-order valence-electron chi connectivity index (χ2n) is 6.19. The highest BCUT2D eigenvalue weighted by atomic mass is 32.2. The Morgan fingerprint density at radius 3 is 2.53 bits per heavy atom. The predicted octanol–water partition coefficient (Wildman–Crippen LogP) is 2.75. The predicted molar refractivity (Wildman–Crippen MR) is 120 cm³/mol. The Morgan fingerprint density at radius 1 is 1.10 bits per heavy atom. The topological polar surface area (TPSA) is 87.7 Å². The molecule has 1 aliphatic heterocycles. The summed E-state index contributed by atoms with van der Waals surface area (Å²) in [4.78, 5) is 38.5. The molecule has 154 valence electrons. The molecule has 1 fully saturated rings. The number of hydrogen-bond acceptors (Lipinski definition) is 6. The zero-order chi connectivity index (χ0) is 21.5. The van der Waals surface area contributed by atoms with Crippen molar-refractivity contribution < 1.29 is 19.1 Å². The van der Waals surface area contributed by atoms with Gasteiger partial charge in [-0.05, 0) is 24.3 Å². The molecule has 3 amide bonds. The number of nitrogens with one attached hydrogen (secondary N) is 2. The number of nitrogens with zero attached hydrogens (tertiary/aromatic N) is 1. The molecule has 2 aromatic carbocycles.